The van der Waals surface area contributed by atoms with E-state index in [0.717, 1.165) is 11.1 Å². The Labute approximate surface area is 125 Å². The van der Waals surface area contributed by atoms with Gasteiger partial charge in [-0.2, -0.15) is 0 Å². The molecule has 0 saturated heterocycles. The predicted octanol–water partition coefficient (Wildman–Crippen LogP) is 3.25. The lowest BCUT2D eigenvalue weighted by molar-refractivity contribution is -0.119. The quantitative estimate of drug-likeness (QED) is 0.848. The standard InChI is InChI=1S/C18H21NO2/c1-14(20)17(19)12-18(16-10-6-3-7-11-16)21-13-15-8-4-2-5-9-15/h2-11,17-18H,12-13,19H2,1H3. The normalized spacial score (nSPS) is 13.6. The molecule has 3 heteroatoms. The third-order valence-corrected chi connectivity index (χ3v) is 3.46. The topological polar surface area (TPSA) is 52.3 Å². The van der Waals surface area contributed by atoms with E-state index in [-0.39, 0.29) is 11.9 Å². The van der Waals surface area contributed by atoms with Gasteiger partial charge in [0.2, 0.25) is 0 Å². The number of carbonyl (C=O) groups excluding carboxylic acids is 1. The average Bonchev–Trinajstić information content (AvgIpc) is 2.53. The summed E-state index contributed by atoms with van der Waals surface area (Å²) in [4.78, 5) is 11.4. The van der Waals surface area contributed by atoms with E-state index in [9.17, 15) is 4.79 Å². The molecule has 110 valence electrons. The van der Waals surface area contributed by atoms with Crippen LogP contribution in [-0.2, 0) is 16.1 Å². The van der Waals surface area contributed by atoms with E-state index in [1.54, 1.807) is 0 Å². The maximum atomic E-state index is 11.4. The lowest BCUT2D eigenvalue weighted by atomic mass is 10.0. The zero-order valence-corrected chi connectivity index (χ0v) is 12.2. The summed E-state index contributed by atoms with van der Waals surface area (Å²) in [6.45, 7) is 2.02. The number of rotatable bonds is 7. The molecule has 2 unspecified atom stereocenters. The molecule has 0 aliphatic carbocycles. The number of Topliss-reactive ketones (excluding diaryl/α,β-unsaturated/α-hetero) is 1. The predicted molar refractivity (Wildman–Crippen MR) is 83.7 cm³/mol. The fraction of sp³-hybridized carbons (Fsp3) is 0.278. The Hall–Kier alpha value is -1.97. The smallest absolute Gasteiger partial charge is 0.146 e. The summed E-state index contributed by atoms with van der Waals surface area (Å²) in [5.41, 5.74) is 8.05. The zero-order chi connectivity index (χ0) is 15.1. The molecule has 2 rings (SSSR count). The van der Waals surface area contributed by atoms with Crippen molar-refractivity contribution >= 4 is 5.78 Å². The fourth-order valence-corrected chi connectivity index (χ4v) is 2.14. The summed E-state index contributed by atoms with van der Waals surface area (Å²) >= 11 is 0. The number of ether oxygens (including phenoxy) is 1. The largest absolute Gasteiger partial charge is 0.369 e. The zero-order valence-electron chi connectivity index (χ0n) is 12.2. The van der Waals surface area contributed by atoms with Crippen molar-refractivity contribution in [1.29, 1.82) is 0 Å². The number of benzene rings is 2. The van der Waals surface area contributed by atoms with E-state index >= 15 is 0 Å². The van der Waals surface area contributed by atoms with Gasteiger partial charge in [0.15, 0.2) is 0 Å². The molecule has 2 aromatic rings. The number of hydrogen-bond acceptors (Lipinski definition) is 3. The second-order valence-electron chi connectivity index (χ2n) is 5.15. The van der Waals surface area contributed by atoms with Crippen LogP contribution in [0.25, 0.3) is 0 Å². The molecular formula is C18H21NO2. The molecule has 0 amide bonds. The maximum absolute atomic E-state index is 11.4. The Bertz CT molecular complexity index is 554. The van der Waals surface area contributed by atoms with Crippen molar-refractivity contribution in [2.24, 2.45) is 5.73 Å². The first-order chi connectivity index (χ1) is 10.2. The minimum atomic E-state index is -0.494. The van der Waals surface area contributed by atoms with Crippen molar-refractivity contribution in [2.75, 3.05) is 0 Å². The lowest BCUT2D eigenvalue weighted by Crippen LogP contribution is -2.30. The van der Waals surface area contributed by atoms with Gasteiger partial charge in [0.05, 0.1) is 18.8 Å². The number of hydrogen-bond donors (Lipinski definition) is 1. The summed E-state index contributed by atoms with van der Waals surface area (Å²) in [5.74, 6) is -0.0146. The molecule has 0 aliphatic heterocycles. The molecule has 3 nitrogen and oxygen atoms in total. The van der Waals surface area contributed by atoms with Gasteiger partial charge >= 0.3 is 0 Å². The van der Waals surface area contributed by atoms with Crippen molar-refractivity contribution in [2.45, 2.75) is 32.1 Å². The highest BCUT2D eigenvalue weighted by atomic mass is 16.5. The van der Waals surface area contributed by atoms with Crippen LogP contribution in [-0.4, -0.2) is 11.8 Å². The van der Waals surface area contributed by atoms with Gasteiger partial charge in [0.25, 0.3) is 0 Å². The van der Waals surface area contributed by atoms with E-state index in [1.165, 1.54) is 6.92 Å². The minimum Gasteiger partial charge on any atom is -0.369 e. The molecule has 0 fully saturated rings. The average molecular weight is 283 g/mol. The van der Waals surface area contributed by atoms with Gasteiger partial charge in [-0.3, -0.25) is 4.79 Å². The van der Waals surface area contributed by atoms with Gasteiger partial charge in [-0.1, -0.05) is 60.7 Å². The Morgan fingerprint density at radius 2 is 1.62 bits per heavy atom. The Balaban J connectivity index is 2.07. The van der Waals surface area contributed by atoms with Crippen molar-refractivity contribution in [3.05, 3.63) is 71.8 Å². The number of carbonyl (C=O) groups is 1. The third-order valence-electron chi connectivity index (χ3n) is 3.46. The highest BCUT2D eigenvalue weighted by molar-refractivity contribution is 5.81. The van der Waals surface area contributed by atoms with Crippen LogP contribution in [0.5, 0.6) is 0 Å². The fourth-order valence-electron chi connectivity index (χ4n) is 2.14. The van der Waals surface area contributed by atoms with Crippen LogP contribution in [0.3, 0.4) is 0 Å². The third kappa shape index (κ3) is 4.81. The summed E-state index contributed by atoms with van der Waals surface area (Å²) < 4.78 is 6.00. The van der Waals surface area contributed by atoms with Crippen LogP contribution in [0.15, 0.2) is 60.7 Å². The van der Waals surface area contributed by atoms with Gasteiger partial charge in [0, 0.05) is 0 Å². The summed E-state index contributed by atoms with van der Waals surface area (Å²) in [6, 6.07) is 19.4. The van der Waals surface area contributed by atoms with E-state index in [4.69, 9.17) is 10.5 Å². The van der Waals surface area contributed by atoms with E-state index in [0.29, 0.717) is 13.0 Å². The molecule has 2 aromatic carbocycles. The molecule has 2 atom stereocenters. The molecule has 0 aromatic heterocycles. The molecule has 0 aliphatic rings. The van der Waals surface area contributed by atoms with Gasteiger partial charge in [-0.25, -0.2) is 0 Å². The van der Waals surface area contributed by atoms with Crippen molar-refractivity contribution in [3.8, 4) is 0 Å². The second kappa shape index (κ2) is 7.72. The van der Waals surface area contributed by atoms with Crippen LogP contribution in [0, 0.1) is 0 Å². The van der Waals surface area contributed by atoms with Gasteiger partial charge in [-0.05, 0) is 24.5 Å². The number of ketones is 1. The first-order valence-electron chi connectivity index (χ1n) is 7.13. The summed E-state index contributed by atoms with van der Waals surface area (Å²) in [6.07, 6.45) is 0.317. The van der Waals surface area contributed by atoms with Crippen LogP contribution in [0.4, 0.5) is 0 Å². The van der Waals surface area contributed by atoms with Crippen LogP contribution in [0.1, 0.15) is 30.6 Å². The number of nitrogens with two attached hydrogens (primary N) is 1. The Morgan fingerprint density at radius 1 is 1.05 bits per heavy atom. The second-order valence-corrected chi connectivity index (χ2v) is 5.15. The summed E-state index contributed by atoms with van der Waals surface area (Å²) in [5, 5.41) is 0. The van der Waals surface area contributed by atoms with E-state index < -0.39 is 6.04 Å². The van der Waals surface area contributed by atoms with Crippen molar-refractivity contribution in [1.82, 2.24) is 0 Å². The van der Waals surface area contributed by atoms with Crippen molar-refractivity contribution < 1.29 is 9.53 Å². The molecular weight excluding hydrogens is 262 g/mol. The van der Waals surface area contributed by atoms with Gasteiger partial charge in [-0.15, -0.1) is 0 Å². The van der Waals surface area contributed by atoms with E-state index in [2.05, 4.69) is 0 Å². The monoisotopic (exact) mass is 283 g/mol. The molecule has 0 radical (unpaired) electrons. The SMILES string of the molecule is CC(=O)C(N)CC(OCc1ccccc1)c1ccccc1. The minimum absolute atomic E-state index is 0.0146. The van der Waals surface area contributed by atoms with Crippen LogP contribution < -0.4 is 5.73 Å². The molecule has 0 saturated carbocycles. The van der Waals surface area contributed by atoms with E-state index in [1.807, 2.05) is 60.7 Å². The highest BCUT2D eigenvalue weighted by Crippen LogP contribution is 2.24. The molecule has 0 heterocycles. The van der Waals surface area contributed by atoms with Crippen LogP contribution >= 0.6 is 0 Å². The van der Waals surface area contributed by atoms with Crippen LogP contribution in [0.2, 0.25) is 0 Å². The lowest BCUT2D eigenvalue weighted by Gasteiger charge is -2.21. The maximum Gasteiger partial charge on any atom is 0.146 e. The highest BCUT2D eigenvalue weighted by Gasteiger charge is 2.19. The Morgan fingerprint density at radius 3 is 2.19 bits per heavy atom. The molecule has 0 bridgehead atoms. The van der Waals surface area contributed by atoms with Crippen molar-refractivity contribution in [3.63, 3.8) is 0 Å². The first kappa shape index (κ1) is 15.4. The molecule has 21 heavy (non-hydrogen) atoms. The van der Waals surface area contributed by atoms with Gasteiger partial charge in [0.1, 0.15) is 5.78 Å². The van der Waals surface area contributed by atoms with Gasteiger partial charge < -0.3 is 10.5 Å². The Kier molecular flexibility index (Phi) is 5.67. The molecule has 0 spiro atoms. The molecule has 2 N–H and O–H groups in total. The first-order valence-corrected chi connectivity index (χ1v) is 7.13. The summed E-state index contributed by atoms with van der Waals surface area (Å²) in [7, 11) is 0.